The quantitative estimate of drug-likeness (QED) is 0.227. The average Bonchev–Trinajstić information content (AvgIpc) is 3.25. The third-order valence-corrected chi connectivity index (χ3v) is 7.63. The lowest BCUT2D eigenvalue weighted by atomic mass is 9.87. The summed E-state index contributed by atoms with van der Waals surface area (Å²) in [4.78, 5) is 15.8. The van der Waals surface area contributed by atoms with Crippen LogP contribution < -0.4 is 10.0 Å². The molecule has 1 heterocycles. The van der Waals surface area contributed by atoms with Crippen LogP contribution in [0.25, 0.3) is 28.1 Å². The van der Waals surface area contributed by atoms with E-state index < -0.39 is 10.0 Å². The number of aromatic nitrogens is 1. The van der Waals surface area contributed by atoms with Gasteiger partial charge in [-0.3, -0.25) is 9.52 Å². The van der Waals surface area contributed by atoms with E-state index in [4.69, 9.17) is 0 Å². The number of amides is 1. The summed E-state index contributed by atoms with van der Waals surface area (Å²) in [5.74, 6) is -0.324. The van der Waals surface area contributed by atoms with Gasteiger partial charge in [-0.15, -0.1) is 0 Å². The molecule has 7 nitrogen and oxygen atoms in total. The van der Waals surface area contributed by atoms with Crippen molar-refractivity contribution in [3.63, 3.8) is 0 Å². The Morgan fingerprint density at radius 2 is 1.71 bits per heavy atom. The van der Waals surface area contributed by atoms with Crippen molar-refractivity contribution in [3.8, 4) is 11.1 Å². The number of hydrogen-bond donors (Lipinski definition) is 4. The first-order chi connectivity index (χ1) is 18.0. The van der Waals surface area contributed by atoms with E-state index in [-0.39, 0.29) is 28.9 Å². The molecule has 0 radical (unpaired) electrons. The summed E-state index contributed by atoms with van der Waals surface area (Å²) in [6, 6.07) is 21.6. The molecule has 0 aliphatic carbocycles. The minimum atomic E-state index is -3.80. The molecule has 1 aromatic heterocycles. The van der Waals surface area contributed by atoms with Gasteiger partial charge in [-0.25, -0.2) is 8.42 Å². The third kappa shape index (κ3) is 6.15. The Kier molecular flexibility index (Phi) is 7.76. The molecular weight excluding hydrogens is 498 g/mol. The van der Waals surface area contributed by atoms with Gasteiger partial charge in [0.1, 0.15) is 0 Å². The first-order valence-corrected chi connectivity index (χ1v) is 13.9. The Bertz CT molecular complexity index is 1570. The number of aliphatic hydroxyl groups excluding tert-OH is 1. The number of nitrogens with one attached hydrogen (secondary N) is 3. The fraction of sp³-hybridized carbons (Fsp3) is 0.233. The molecule has 4 N–H and O–H groups in total. The zero-order chi connectivity index (χ0) is 27.5. The molecule has 0 aliphatic rings. The Morgan fingerprint density at radius 3 is 2.34 bits per heavy atom. The molecule has 0 saturated heterocycles. The highest BCUT2D eigenvalue weighted by molar-refractivity contribution is 7.92. The predicted molar refractivity (Wildman–Crippen MR) is 153 cm³/mol. The number of sulfonamides is 1. The van der Waals surface area contributed by atoms with Gasteiger partial charge in [0, 0.05) is 40.0 Å². The van der Waals surface area contributed by atoms with Crippen molar-refractivity contribution in [2.75, 3.05) is 11.3 Å². The summed E-state index contributed by atoms with van der Waals surface area (Å²) in [5, 5.41) is 12.7. The highest BCUT2D eigenvalue weighted by Gasteiger charge is 2.19. The smallest absolute Gasteiger partial charge is 0.261 e. The highest BCUT2D eigenvalue weighted by atomic mass is 32.2. The molecule has 1 amide bonds. The number of hydrogen-bond acceptors (Lipinski definition) is 4. The zero-order valence-electron chi connectivity index (χ0n) is 21.9. The van der Waals surface area contributed by atoms with Crippen molar-refractivity contribution < 1.29 is 18.3 Å². The Hall–Kier alpha value is -3.88. The number of anilines is 1. The van der Waals surface area contributed by atoms with Crippen molar-refractivity contribution in [1.29, 1.82) is 0 Å². The fourth-order valence-electron chi connectivity index (χ4n) is 4.16. The van der Waals surface area contributed by atoms with Crippen LogP contribution in [-0.2, 0) is 20.2 Å². The van der Waals surface area contributed by atoms with Crippen molar-refractivity contribution >= 4 is 38.6 Å². The minimum absolute atomic E-state index is 0.0766. The molecule has 0 aliphatic heterocycles. The fourth-order valence-corrected chi connectivity index (χ4v) is 5.21. The molecule has 0 spiro atoms. The maximum absolute atomic E-state index is 13.2. The number of fused-ring (bicyclic) bond motifs is 1. The van der Waals surface area contributed by atoms with Gasteiger partial charge in [0.2, 0.25) is 5.91 Å². The van der Waals surface area contributed by atoms with E-state index in [0.717, 1.165) is 27.6 Å². The molecule has 1 unspecified atom stereocenters. The van der Waals surface area contributed by atoms with E-state index in [1.54, 1.807) is 37.3 Å². The SMILES string of the molecule is CC(CO)NC(=O)/C=C/c1[nH]c2ccc(NS(=O)(=O)c3ccc(C(C)(C)C)cc3)cc2c1-c1ccccc1. The van der Waals surface area contributed by atoms with Crippen LogP contribution >= 0.6 is 0 Å². The van der Waals surface area contributed by atoms with E-state index in [1.807, 2.05) is 48.5 Å². The highest BCUT2D eigenvalue weighted by Crippen LogP contribution is 2.35. The molecule has 3 aromatic carbocycles. The Morgan fingerprint density at radius 1 is 1.03 bits per heavy atom. The van der Waals surface area contributed by atoms with Crippen LogP contribution in [0, 0.1) is 0 Å². The van der Waals surface area contributed by atoms with Crippen molar-refractivity contribution in [2.24, 2.45) is 0 Å². The molecule has 0 saturated carbocycles. The van der Waals surface area contributed by atoms with E-state index in [2.05, 4.69) is 35.8 Å². The van der Waals surface area contributed by atoms with Crippen LogP contribution in [-0.4, -0.2) is 37.1 Å². The second-order valence-electron chi connectivity index (χ2n) is 10.3. The monoisotopic (exact) mass is 531 g/mol. The van der Waals surface area contributed by atoms with Gasteiger partial charge >= 0.3 is 0 Å². The van der Waals surface area contributed by atoms with Gasteiger partial charge in [-0.2, -0.15) is 0 Å². The van der Waals surface area contributed by atoms with Crippen LogP contribution in [0.2, 0.25) is 0 Å². The van der Waals surface area contributed by atoms with E-state index in [1.165, 1.54) is 6.08 Å². The van der Waals surface area contributed by atoms with Gasteiger partial charge < -0.3 is 15.4 Å². The van der Waals surface area contributed by atoms with Crippen LogP contribution in [0.3, 0.4) is 0 Å². The second kappa shape index (κ2) is 10.8. The first kappa shape index (κ1) is 27.2. The van der Waals surface area contributed by atoms with Crippen molar-refractivity contribution in [3.05, 3.63) is 90.1 Å². The molecule has 38 heavy (non-hydrogen) atoms. The van der Waals surface area contributed by atoms with Crippen LogP contribution in [0.15, 0.2) is 83.8 Å². The number of benzene rings is 3. The molecule has 0 fully saturated rings. The molecule has 4 aromatic rings. The van der Waals surface area contributed by atoms with Gasteiger partial charge in [0.15, 0.2) is 0 Å². The maximum Gasteiger partial charge on any atom is 0.261 e. The van der Waals surface area contributed by atoms with E-state index in [9.17, 15) is 18.3 Å². The number of H-pyrrole nitrogens is 1. The van der Waals surface area contributed by atoms with Crippen molar-refractivity contribution in [1.82, 2.24) is 10.3 Å². The normalized spacial score (nSPS) is 13.1. The summed E-state index contributed by atoms with van der Waals surface area (Å²) < 4.78 is 29.0. The van der Waals surface area contributed by atoms with E-state index >= 15 is 0 Å². The lowest BCUT2D eigenvalue weighted by Crippen LogP contribution is -2.33. The van der Waals surface area contributed by atoms with Gasteiger partial charge in [0.25, 0.3) is 10.0 Å². The third-order valence-electron chi connectivity index (χ3n) is 6.24. The number of rotatable bonds is 8. The molecular formula is C30H33N3O4S. The van der Waals surface area contributed by atoms with Crippen LogP contribution in [0.5, 0.6) is 0 Å². The lowest BCUT2D eigenvalue weighted by Gasteiger charge is -2.19. The van der Waals surface area contributed by atoms with Crippen LogP contribution in [0.4, 0.5) is 5.69 Å². The average molecular weight is 532 g/mol. The number of carbonyl (C=O) groups is 1. The summed E-state index contributed by atoms with van der Waals surface area (Å²) >= 11 is 0. The van der Waals surface area contributed by atoms with Crippen LogP contribution in [0.1, 0.15) is 39.0 Å². The molecule has 4 rings (SSSR count). The Balaban J connectivity index is 1.71. The van der Waals surface area contributed by atoms with Gasteiger partial charge in [-0.05, 0) is 59.9 Å². The minimum Gasteiger partial charge on any atom is -0.394 e. The number of aliphatic hydroxyl groups is 1. The van der Waals surface area contributed by atoms with Gasteiger partial charge in [0.05, 0.1) is 11.5 Å². The predicted octanol–water partition coefficient (Wildman–Crippen LogP) is 5.44. The van der Waals surface area contributed by atoms with Gasteiger partial charge in [-0.1, -0.05) is 63.2 Å². The zero-order valence-corrected chi connectivity index (χ0v) is 22.8. The second-order valence-corrected chi connectivity index (χ2v) is 12.0. The standard InChI is InChI=1S/C30H33N3O4S/c1-20(19-34)31-28(35)17-16-27-29(21-8-6-5-7-9-21)25-18-23(12-15-26(25)32-27)33-38(36,37)24-13-10-22(11-14-24)30(2,3)4/h5-18,20,32-34H,19H2,1-4H3,(H,31,35)/b17-16+. The summed E-state index contributed by atoms with van der Waals surface area (Å²) in [7, 11) is -3.80. The topological polar surface area (TPSA) is 111 Å². The summed E-state index contributed by atoms with van der Waals surface area (Å²) in [6.45, 7) is 7.80. The number of carbonyl (C=O) groups excluding carboxylic acids is 1. The molecule has 8 heteroatoms. The van der Waals surface area contributed by atoms with Crippen molar-refractivity contribution in [2.45, 2.75) is 44.0 Å². The molecule has 198 valence electrons. The first-order valence-electron chi connectivity index (χ1n) is 12.4. The molecule has 1 atom stereocenters. The van der Waals surface area contributed by atoms with E-state index in [0.29, 0.717) is 11.4 Å². The summed E-state index contributed by atoms with van der Waals surface area (Å²) in [5.41, 5.74) is 4.67. The Labute approximate surface area is 223 Å². The maximum atomic E-state index is 13.2. The lowest BCUT2D eigenvalue weighted by molar-refractivity contribution is -0.117. The largest absolute Gasteiger partial charge is 0.394 e. The summed E-state index contributed by atoms with van der Waals surface area (Å²) in [6.07, 6.45) is 3.09. The molecule has 0 bridgehead atoms. The number of aromatic amines is 1.